The Kier molecular flexibility index (Phi) is 4.19. The maximum Gasteiger partial charge on any atom is 0.416 e. The summed E-state index contributed by atoms with van der Waals surface area (Å²) in [7, 11) is 1.43. The Morgan fingerprint density at radius 1 is 1.16 bits per heavy atom. The van der Waals surface area contributed by atoms with E-state index in [2.05, 4.69) is 4.99 Å². The van der Waals surface area contributed by atoms with E-state index in [-0.39, 0.29) is 20.6 Å². The van der Waals surface area contributed by atoms with Crippen LogP contribution in [0.4, 0.5) is 22.0 Å². The van der Waals surface area contributed by atoms with Crippen LogP contribution in [0.5, 0.6) is 0 Å². The Balaban J connectivity index is 2.10. The highest BCUT2D eigenvalue weighted by atomic mass is 32.1. The Hall–Kier alpha value is -2.55. The number of amides is 1. The third kappa shape index (κ3) is 3.32. The minimum atomic E-state index is -4.58. The van der Waals surface area contributed by atoms with Gasteiger partial charge in [0.1, 0.15) is 5.82 Å². The second-order valence-corrected chi connectivity index (χ2v) is 6.18. The number of alkyl halides is 3. The first kappa shape index (κ1) is 17.3. The molecule has 1 amide bonds. The lowest BCUT2D eigenvalue weighted by Crippen LogP contribution is -2.14. The number of fused-ring (bicyclic) bond motifs is 1. The van der Waals surface area contributed by atoms with E-state index >= 15 is 0 Å². The second-order valence-electron chi connectivity index (χ2n) is 5.17. The number of carbonyl (C=O) groups excluding carboxylic acids is 1. The van der Waals surface area contributed by atoms with Crippen LogP contribution in [0.3, 0.4) is 0 Å². The molecule has 0 aliphatic rings. The van der Waals surface area contributed by atoms with Crippen LogP contribution in [-0.2, 0) is 13.2 Å². The van der Waals surface area contributed by atoms with Gasteiger partial charge in [-0.3, -0.25) is 4.79 Å². The molecule has 1 aromatic heterocycles. The first-order valence-corrected chi connectivity index (χ1v) is 7.69. The van der Waals surface area contributed by atoms with Gasteiger partial charge in [0.25, 0.3) is 5.91 Å². The summed E-state index contributed by atoms with van der Waals surface area (Å²) in [6.07, 6.45) is -4.58. The zero-order chi connectivity index (χ0) is 18.4. The van der Waals surface area contributed by atoms with Gasteiger partial charge in [-0.15, -0.1) is 0 Å². The summed E-state index contributed by atoms with van der Waals surface area (Å²) in [5.41, 5.74) is -1.16. The van der Waals surface area contributed by atoms with E-state index < -0.39 is 29.3 Å². The molecule has 0 radical (unpaired) electrons. The molecule has 0 fully saturated rings. The van der Waals surface area contributed by atoms with Crippen LogP contribution in [0, 0.1) is 11.6 Å². The summed E-state index contributed by atoms with van der Waals surface area (Å²) in [4.78, 5) is 16.0. The minimum Gasteiger partial charge on any atom is -0.317 e. The van der Waals surface area contributed by atoms with Crippen molar-refractivity contribution in [1.82, 2.24) is 4.57 Å². The van der Waals surface area contributed by atoms with Crippen molar-refractivity contribution in [2.45, 2.75) is 6.18 Å². The fourth-order valence-corrected chi connectivity index (χ4v) is 3.34. The summed E-state index contributed by atoms with van der Waals surface area (Å²) in [5.74, 6) is -2.50. The molecule has 0 saturated heterocycles. The maximum atomic E-state index is 13.9. The third-order valence-corrected chi connectivity index (χ3v) is 4.53. The summed E-state index contributed by atoms with van der Waals surface area (Å²) in [6.45, 7) is 0. The maximum absolute atomic E-state index is 13.9. The molecule has 1 heterocycles. The number of hydrogen-bond acceptors (Lipinski definition) is 2. The number of halogens is 5. The molecule has 25 heavy (non-hydrogen) atoms. The van der Waals surface area contributed by atoms with Crippen LogP contribution >= 0.6 is 11.3 Å². The number of nitrogens with zero attached hydrogens (tertiary/aromatic N) is 2. The van der Waals surface area contributed by atoms with Crippen LogP contribution in [0.1, 0.15) is 15.9 Å². The minimum absolute atomic E-state index is 0.0434. The molecule has 130 valence electrons. The molecule has 0 unspecified atom stereocenters. The Labute approximate surface area is 141 Å². The molecule has 0 aliphatic heterocycles. The largest absolute Gasteiger partial charge is 0.416 e. The van der Waals surface area contributed by atoms with E-state index in [1.807, 2.05) is 0 Å². The molecule has 0 spiro atoms. The zero-order valence-corrected chi connectivity index (χ0v) is 13.4. The number of thiazole rings is 1. The van der Waals surface area contributed by atoms with Gasteiger partial charge in [0.15, 0.2) is 10.6 Å². The van der Waals surface area contributed by atoms with Gasteiger partial charge in [0.05, 0.1) is 15.8 Å². The molecule has 2 aromatic carbocycles. The fraction of sp³-hybridized carbons (Fsp3) is 0.125. The predicted octanol–water partition coefficient (Wildman–Crippen LogP) is 4.28. The topological polar surface area (TPSA) is 34.4 Å². The van der Waals surface area contributed by atoms with Crippen LogP contribution in [0.15, 0.2) is 41.4 Å². The first-order chi connectivity index (χ1) is 11.7. The number of carbonyl (C=O) groups is 1. The van der Waals surface area contributed by atoms with Crippen LogP contribution in [-0.4, -0.2) is 10.5 Å². The van der Waals surface area contributed by atoms with Crippen molar-refractivity contribution in [2.24, 2.45) is 12.0 Å². The van der Waals surface area contributed by atoms with Crippen LogP contribution < -0.4 is 4.80 Å². The van der Waals surface area contributed by atoms with E-state index in [1.165, 1.54) is 17.7 Å². The van der Waals surface area contributed by atoms with Gasteiger partial charge >= 0.3 is 6.18 Å². The third-order valence-electron chi connectivity index (χ3n) is 3.45. The number of benzene rings is 2. The van der Waals surface area contributed by atoms with Crippen LogP contribution in [0.2, 0.25) is 0 Å². The Morgan fingerprint density at radius 3 is 2.56 bits per heavy atom. The molecule has 0 atom stereocenters. The van der Waals surface area contributed by atoms with E-state index in [1.54, 1.807) is 0 Å². The molecule has 3 nitrogen and oxygen atoms in total. The van der Waals surface area contributed by atoms with E-state index in [9.17, 15) is 26.7 Å². The fourth-order valence-electron chi connectivity index (χ4n) is 2.29. The van der Waals surface area contributed by atoms with Crippen molar-refractivity contribution in [3.63, 3.8) is 0 Å². The monoisotopic (exact) mass is 372 g/mol. The van der Waals surface area contributed by atoms with Crippen molar-refractivity contribution in [1.29, 1.82) is 0 Å². The zero-order valence-electron chi connectivity index (χ0n) is 12.6. The average Bonchev–Trinajstić information content (AvgIpc) is 2.82. The van der Waals surface area contributed by atoms with Crippen molar-refractivity contribution in [3.05, 3.63) is 64.0 Å². The molecule has 0 aliphatic carbocycles. The van der Waals surface area contributed by atoms with Gasteiger partial charge in [-0.05, 0) is 24.3 Å². The highest BCUT2D eigenvalue weighted by Crippen LogP contribution is 2.29. The SMILES string of the molecule is Cn1c(=NC(=O)c2cccc(C(F)(F)F)c2)sc2cc(F)cc(F)c21. The molecule has 0 saturated carbocycles. The highest BCUT2D eigenvalue weighted by Gasteiger charge is 2.30. The lowest BCUT2D eigenvalue weighted by Gasteiger charge is -2.06. The van der Waals surface area contributed by atoms with Crippen molar-refractivity contribution >= 4 is 27.5 Å². The smallest absolute Gasteiger partial charge is 0.317 e. The molecular weight excluding hydrogens is 363 g/mol. The standard InChI is InChI=1S/C16H9F5N2OS/c1-23-13-11(18)6-10(17)7-12(13)25-15(23)22-14(24)8-3-2-4-9(5-8)16(19,20)21/h2-7H,1H3. The first-order valence-electron chi connectivity index (χ1n) is 6.87. The highest BCUT2D eigenvalue weighted by molar-refractivity contribution is 7.16. The van der Waals surface area contributed by atoms with Crippen molar-refractivity contribution in [2.75, 3.05) is 0 Å². The van der Waals surface area contributed by atoms with E-state index in [0.29, 0.717) is 12.1 Å². The molecule has 3 rings (SSSR count). The van der Waals surface area contributed by atoms with Gasteiger partial charge in [-0.2, -0.15) is 18.2 Å². The van der Waals surface area contributed by atoms with Crippen molar-refractivity contribution < 1.29 is 26.7 Å². The lowest BCUT2D eigenvalue weighted by molar-refractivity contribution is -0.137. The molecule has 0 N–H and O–H groups in total. The number of aryl methyl sites for hydroxylation is 1. The molecule has 3 aromatic rings. The van der Waals surface area contributed by atoms with Gasteiger partial charge in [-0.25, -0.2) is 8.78 Å². The Morgan fingerprint density at radius 2 is 1.88 bits per heavy atom. The summed E-state index contributed by atoms with van der Waals surface area (Å²) >= 11 is 0.858. The second kappa shape index (κ2) is 6.07. The number of rotatable bonds is 1. The van der Waals surface area contributed by atoms with Gasteiger partial charge < -0.3 is 4.57 Å². The van der Waals surface area contributed by atoms with Crippen LogP contribution in [0.25, 0.3) is 10.2 Å². The normalized spacial score (nSPS) is 12.8. The molecular formula is C16H9F5N2OS. The number of hydrogen-bond donors (Lipinski definition) is 0. The Bertz CT molecular complexity index is 1050. The average molecular weight is 372 g/mol. The molecule has 9 heteroatoms. The predicted molar refractivity (Wildman–Crippen MR) is 82.0 cm³/mol. The van der Waals surface area contributed by atoms with E-state index in [4.69, 9.17) is 0 Å². The van der Waals surface area contributed by atoms with Gasteiger partial charge in [0.2, 0.25) is 0 Å². The van der Waals surface area contributed by atoms with Gasteiger partial charge in [0, 0.05) is 18.7 Å². The van der Waals surface area contributed by atoms with Gasteiger partial charge in [-0.1, -0.05) is 17.4 Å². The number of aromatic nitrogens is 1. The quantitative estimate of drug-likeness (QED) is 0.587. The molecule has 0 bridgehead atoms. The summed E-state index contributed by atoms with van der Waals surface area (Å²) in [6, 6.07) is 5.64. The van der Waals surface area contributed by atoms with E-state index in [0.717, 1.165) is 29.5 Å². The summed E-state index contributed by atoms with van der Waals surface area (Å²) < 4.78 is 66.8. The van der Waals surface area contributed by atoms with Crippen molar-refractivity contribution in [3.8, 4) is 0 Å². The summed E-state index contributed by atoms with van der Waals surface area (Å²) in [5, 5.41) is 0. The lowest BCUT2D eigenvalue weighted by atomic mass is 10.1.